The monoisotopic (exact) mass is 410 g/mol. The quantitative estimate of drug-likeness (QED) is 0.709. The fourth-order valence-electron chi connectivity index (χ4n) is 4.41. The Kier molecular flexibility index (Phi) is 6.59. The van der Waals surface area contributed by atoms with E-state index >= 15 is 0 Å². The summed E-state index contributed by atoms with van der Waals surface area (Å²) in [6, 6.07) is 14.4. The largest absolute Gasteiger partial charge is 0.348 e. The summed E-state index contributed by atoms with van der Waals surface area (Å²) in [5, 5.41) is 0. The van der Waals surface area contributed by atoms with Gasteiger partial charge in [-0.05, 0) is 36.0 Å². The highest BCUT2D eigenvalue weighted by atomic mass is 19.1. The lowest BCUT2D eigenvalue weighted by Crippen LogP contribution is -2.44. The molecule has 30 heavy (non-hydrogen) atoms. The third-order valence-corrected chi connectivity index (χ3v) is 5.86. The van der Waals surface area contributed by atoms with Crippen LogP contribution in [0.1, 0.15) is 32.3 Å². The number of halogens is 1. The van der Waals surface area contributed by atoms with E-state index in [0.717, 1.165) is 11.1 Å². The Morgan fingerprint density at radius 2 is 1.70 bits per heavy atom. The molecule has 1 unspecified atom stereocenters. The van der Waals surface area contributed by atoms with Crippen molar-refractivity contribution >= 4 is 11.8 Å². The van der Waals surface area contributed by atoms with Crippen molar-refractivity contribution in [3.8, 4) is 11.1 Å². The first-order valence-corrected chi connectivity index (χ1v) is 10.6. The zero-order chi connectivity index (χ0) is 21.9. The Morgan fingerprint density at radius 3 is 2.33 bits per heavy atom. The molecule has 0 N–H and O–H groups in total. The molecule has 0 radical (unpaired) electrons. The van der Waals surface area contributed by atoms with Crippen molar-refractivity contribution in [1.29, 1.82) is 0 Å². The number of carbonyl (C=O) groups excluding carboxylic acids is 2. The van der Waals surface area contributed by atoms with E-state index in [1.54, 1.807) is 31.1 Å². The van der Waals surface area contributed by atoms with Gasteiger partial charge in [-0.3, -0.25) is 9.59 Å². The summed E-state index contributed by atoms with van der Waals surface area (Å²) in [6.45, 7) is 5.03. The second-order valence-corrected chi connectivity index (χ2v) is 8.96. The fraction of sp³-hybridized carbons (Fsp3) is 0.440. The number of hydrogen-bond acceptors (Lipinski definition) is 2. The molecule has 1 aliphatic heterocycles. The summed E-state index contributed by atoms with van der Waals surface area (Å²) in [5.74, 6) is 0.114. The molecule has 160 valence electrons. The number of benzene rings is 2. The molecule has 0 saturated carbocycles. The lowest BCUT2D eigenvalue weighted by molar-refractivity contribution is -0.139. The minimum atomic E-state index is -0.697. The Morgan fingerprint density at radius 1 is 1.07 bits per heavy atom. The van der Waals surface area contributed by atoms with Crippen LogP contribution in [0, 0.1) is 17.2 Å². The second-order valence-electron chi connectivity index (χ2n) is 8.96. The van der Waals surface area contributed by atoms with E-state index in [4.69, 9.17) is 0 Å². The molecule has 5 heteroatoms. The molecule has 1 aliphatic rings. The molecule has 2 amide bonds. The lowest BCUT2D eigenvalue weighted by atomic mass is 9.77. The van der Waals surface area contributed by atoms with Gasteiger partial charge < -0.3 is 9.80 Å². The van der Waals surface area contributed by atoms with E-state index in [9.17, 15) is 14.0 Å². The highest BCUT2D eigenvalue weighted by Crippen LogP contribution is 2.39. The van der Waals surface area contributed by atoms with E-state index in [1.807, 2.05) is 49.1 Å². The van der Waals surface area contributed by atoms with E-state index in [-0.39, 0.29) is 23.5 Å². The fourth-order valence-corrected chi connectivity index (χ4v) is 4.41. The topological polar surface area (TPSA) is 40.6 Å². The van der Waals surface area contributed by atoms with Gasteiger partial charge in [-0.2, -0.15) is 0 Å². The number of rotatable bonds is 6. The predicted octanol–water partition coefficient (Wildman–Crippen LogP) is 4.39. The molecule has 1 saturated heterocycles. The van der Waals surface area contributed by atoms with Crippen LogP contribution in [0.2, 0.25) is 0 Å². The first-order valence-electron chi connectivity index (χ1n) is 10.6. The summed E-state index contributed by atoms with van der Waals surface area (Å²) in [4.78, 5) is 29.4. The van der Waals surface area contributed by atoms with Crippen LogP contribution in [0.4, 0.5) is 4.39 Å². The van der Waals surface area contributed by atoms with Crippen LogP contribution in [0.3, 0.4) is 0 Å². The number of likely N-dealkylation sites (tertiary alicyclic amines) is 1. The molecule has 2 aromatic carbocycles. The van der Waals surface area contributed by atoms with Crippen LogP contribution >= 0.6 is 0 Å². The van der Waals surface area contributed by atoms with Crippen LogP contribution in [0.15, 0.2) is 48.5 Å². The Hall–Kier alpha value is -2.69. The van der Waals surface area contributed by atoms with Crippen LogP contribution in [-0.4, -0.2) is 48.8 Å². The maximum atomic E-state index is 14.5. The zero-order valence-corrected chi connectivity index (χ0v) is 18.3. The smallest absolute Gasteiger partial charge is 0.230 e. The normalized spacial score (nSPS) is 18.7. The van der Waals surface area contributed by atoms with Crippen molar-refractivity contribution in [1.82, 2.24) is 9.80 Å². The van der Waals surface area contributed by atoms with Crippen LogP contribution < -0.4 is 0 Å². The summed E-state index contributed by atoms with van der Waals surface area (Å²) < 4.78 is 14.5. The highest BCUT2D eigenvalue weighted by molar-refractivity contribution is 5.86. The van der Waals surface area contributed by atoms with Crippen molar-refractivity contribution in [2.24, 2.45) is 11.3 Å². The average Bonchev–Trinajstić information content (AvgIpc) is 3.13. The van der Waals surface area contributed by atoms with E-state index in [0.29, 0.717) is 37.9 Å². The van der Waals surface area contributed by atoms with Crippen LogP contribution in [0.5, 0.6) is 0 Å². The first kappa shape index (κ1) is 22.0. The molecule has 0 aromatic heterocycles. The van der Waals surface area contributed by atoms with Gasteiger partial charge in [0, 0.05) is 39.2 Å². The minimum absolute atomic E-state index is 0.0192. The number of amides is 2. The van der Waals surface area contributed by atoms with Gasteiger partial charge in [-0.1, -0.05) is 56.3 Å². The van der Waals surface area contributed by atoms with Crippen molar-refractivity contribution in [3.05, 3.63) is 59.9 Å². The molecule has 0 bridgehead atoms. The average molecular weight is 411 g/mol. The third-order valence-electron chi connectivity index (χ3n) is 5.86. The van der Waals surface area contributed by atoms with Crippen molar-refractivity contribution in [3.63, 3.8) is 0 Å². The third kappa shape index (κ3) is 4.55. The molecule has 1 heterocycles. The van der Waals surface area contributed by atoms with Crippen molar-refractivity contribution in [2.45, 2.75) is 33.1 Å². The Bertz CT molecular complexity index is 925. The zero-order valence-electron chi connectivity index (χ0n) is 18.3. The number of carbonyl (C=O) groups is 2. The van der Waals surface area contributed by atoms with E-state index < -0.39 is 5.41 Å². The Balaban J connectivity index is 1.96. The molecule has 0 aliphatic carbocycles. The summed E-state index contributed by atoms with van der Waals surface area (Å²) >= 11 is 0. The van der Waals surface area contributed by atoms with Crippen molar-refractivity contribution < 1.29 is 14.0 Å². The van der Waals surface area contributed by atoms with Gasteiger partial charge in [0.15, 0.2) is 0 Å². The van der Waals surface area contributed by atoms with Gasteiger partial charge in [-0.15, -0.1) is 0 Å². The summed E-state index contributed by atoms with van der Waals surface area (Å²) in [7, 11) is 3.51. The molecule has 1 atom stereocenters. The maximum Gasteiger partial charge on any atom is 0.230 e. The highest BCUT2D eigenvalue weighted by Gasteiger charge is 2.47. The Labute approximate surface area is 178 Å². The standard InChI is InChI=1S/C25H31FN2O2/c1-18(2)15-23(29)28-14-13-25(17-28,24(30)27(3)4)16-19-9-5-6-10-20(19)21-11-7-8-12-22(21)26/h5-12,18H,13-17H2,1-4H3. The summed E-state index contributed by atoms with van der Waals surface area (Å²) in [5.41, 5.74) is 1.56. The van der Waals surface area contributed by atoms with Crippen molar-refractivity contribution in [2.75, 3.05) is 27.2 Å². The van der Waals surface area contributed by atoms with Gasteiger partial charge in [0.2, 0.25) is 11.8 Å². The molecule has 1 fully saturated rings. The SMILES string of the molecule is CC(C)CC(=O)N1CCC(Cc2ccccc2-c2ccccc2F)(C(=O)N(C)C)C1. The second kappa shape index (κ2) is 8.99. The van der Waals surface area contributed by atoms with Gasteiger partial charge in [-0.25, -0.2) is 4.39 Å². The lowest BCUT2D eigenvalue weighted by Gasteiger charge is -2.32. The van der Waals surface area contributed by atoms with Gasteiger partial charge in [0.05, 0.1) is 5.41 Å². The molecule has 4 nitrogen and oxygen atoms in total. The van der Waals surface area contributed by atoms with Crippen LogP contribution in [-0.2, 0) is 16.0 Å². The molecular weight excluding hydrogens is 379 g/mol. The summed E-state index contributed by atoms with van der Waals surface area (Å²) in [6.07, 6.45) is 1.57. The number of nitrogens with zero attached hydrogens (tertiary/aromatic N) is 2. The van der Waals surface area contributed by atoms with E-state index in [1.165, 1.54) is 6.07 Å². The van der Waals surface area contributed by atoms with Gasteiger partial charge in [0.25, 0.3) is 0 Å². The van der Waals surface area contributed by atoms with E-state index in [2.05, 4.69) is 0 Å². The van der Waals surface area contributed by atoms with Gasteiger partial charge >= 0.3 is 0 Å². The van der Waals surface area contributed by atoms with Crippen LogP contribution in [0.25, 0.3) is 11.1 Å². The minimum Gasteiger partial charge on any atom is -0.348 e. The molecular formula is C25H31FN2O2. The predicted molar refractivity (Wildman–Crippen MR) is 117 cm³/mol. The molecule has 0 spiro atoms. The number of hydrogen-bond donors (Lipinski definition) is 0. The maximum absolute atomic E-state index is 14.5. The van der Waals surface area contributed by atoms with Gasteiger partial charge in [0.1, 0.15) is 5.82 Å². The molecule has 2 aromatic rings. The molecule has 3 rings (SSSR count). The first-order chi connectivity index (χ1) is 14.2.